The number of pyridine rings is 2. The molecule has 0 spiro atoms. The van der Waals surface area contributed by atoms with Crippen molar-refractivity contribution in [3.05, 3.63) is 60.7 Å². The highest BCUT2D eigenvalue weighted by molar-refractivity contribution is 5.93. The SMILES string of the molecule is Fc1ccnc(-c2ccnc3ccccc23)c1. The Labute approximate surface area is 97.8 Å². The Morgan fingerprint density at radius 3 is 2.59 bits per heavy atom. The summed E-state index contributed by atoms with van der Waals surface area (Å²) in [7, 11) is 0. The maximum Gasteiger partial charge on any atom is 0.126 e. The lowest BCUT2D eigenvalue weighted by molar-refractivity contribution is 0.626. The van der Waals surface area contributed by atoms with Gasteiger partial charge in [0.05, 0.1) is 11.2 Å². The molecule has 0 fully saturated rings. The smallest absolute Gasteiger partial charge is 0.126 e. The Hall–Kier alpha value is -2.29. The Kier molecular flexibility index (Phi) is 2.29. The summed E-state index contributed by atoms with van der Waals surface area (Å²) in [5.41, 5.74) is 2.41. The van der Waals surface area contributed by atoms with Gasteiger partial charge in [-0.05, 0) is 18.2 Å². The lowest BCUT2D eigenvalue weighted by Gasteiger charge is -2.04. The van der Waals surface area contributed by atoms with E-state index in [0.717, 1.165) is 16.5 Å². The van der Waals surface area contributed by atoms with Gasteiger partial charge in [-0.2, -0.15) is 0 Å². The summed E-state index contributed by atoms with van der Waals surface area (Å²) in [6.07, 6.45) is 3.18. The van der Waals surface area contributed by atoms with Crippen LogP contribution in [-0.4, -0.2) is 9.97 Å². The maximum atomic E-state index is 13.2. The molecule has 0 aliphatic rings. The van der Waals surface area contributed by atoms with Crippen LogP contribution in [0.25, 0.3) is 22.2 Å². The van der Waals surface area contributed by atoms with Crippen LogP contribution < -0.4 is 0 Å². The Morgan fingerprint density at radius 2 is 1.71 bits per heavy atom. The highest BCUT2D eigenvalue weighted by atomic mass is 19.1. The van der Waals surface area contributed by atoms with E-state index in [9.17, 15) is 4.39 Å². The summed E-state index contributed by atoms with van der Waals surface area (Å²) in [6, 6.07) is 12.4. The molecule has 0 radical (unpaired) electrons. The minimum absolute atomic E-state index is 0.282. The second-order valence-electron chi connectivity index (χ2n) is 3.73. The van der Waals surface area contributed by atoms with Gasteiger partial charge in [-0.3, -0.25) is 9.97 Å². The quantitative estimate of drug-likeness (QED) is 0.632. The van der Waals surface area contributed by atoms with Crippen LogP contribution in [0.3, 0.4) is 0 Å². The minimum atomic E-state index is -0.282. The van der Waals surface area contributed by atoms with Gasteiger partial charge in [-0.15, -0.1) is 0 Å². The van der Waals surface area contributed by atoms with Crippen molar-refractivity contribution in [1.29, 1.82) is 0 Å². The Morgan fingerprint density at radius 1 is 0.882 bits per heavy atom. The number of benzene rings is 1. The van der Waals surface area contributed by atoms with Gasteiger partial charge in [0.25, 0.3) is 0 Å². The molecule has 0 atom stereocenters. The molecular weight excluding hydrogens is 215 g/mol. The zero-order valence-electron chi connectivity index (χ0n) is 8.97. The summed E-state index contributed by atoms with van der Waals surface area (Å²) in [5.74, 6) is -0.282. The predicted octanol–water partition coefficient (Wildman–Crippen LogP) is 3.44. The van der Waals surface area contributed by atoms with E-state index in [0.29, 0.717) is 5.69 Å². The van der Waals surface area contributed by atoms with Crippen LogP contribution in [0.2, 0.25) is 0 Å². The normalized spacial score (nSPS) is 10.6. The standard InChI is InChI=1S/C14H9FN2/c15-10-5-7-17-14(9-10)12-6-8-16-13-4-2-1-3-11(12)13/h1-9H. The van der Waals surface area contributed by atoms with Gasteiger partial charge in [0.2, 0.25) is 0 Å². The third-order valence-corrected chi connectivity index (χ3v) is 2.65. The van der Waals surface area contributed by atoms with E-state index in [4.69, 9.17) is 0 Å². The van der Waals surface area contributed by atoms with E-state index in [1.165, 1.54) is 18.3 Å². The molecule has 0 aliphatic carbocycles. The van der Waals surface area contributed by atoms with Gasteiger partial charge in [0, 0.05) is 29.4 Å². The molecule has 3 rings (SSSR count). The van der Waals surface area contributed by atoms with Crippen LogP contribution >= 0.6 is 0 Å². The predicted molar refractivity (Wildman–Crippen MR) is 64.9 cm³/mol. The number of hydrogen-bond donors (Lipinski definition) is 0. The molecule has 3 aromatic rings. The number of para-hydroxylation sites is 1. The van der Waals surface area contributed by atoms with E-state index < -0.39 is 0 Å². The first kappa shape index (κ1) is 9.90. The average molecular weight is 224 g/mol. The monoisotopic (exact) mass is 224 g/mol. The zero-order valence-corrected chi connectivity index (χ0v) is 8.97. The average Bonchev–Trinajstić information content (AvgIpc) is 2.38. The van der Waals surface area contributed by atoms with Crippen LogP contribution in [0.4, 0.5) is 4.39 Å². The molecule has 2 aromatic heterocycles. The zero-order chi connectivity index (χ0) is 11.7. The third-order valence-electron chi connectivity index (χ3n) is 2.65. The molecule has 2 nitrogen and oxygen atoms in total. The van der Waals surface area contributed by atoms with E-state index in [2.05, 4.69) is 9.97 Å². The summed E-state index contributed by atoms with van der Waals surface area (Å²) in [6.45, 7) is 0. The molecule has 0 amide bonds. The van der Waals surface area contributed by atoms with Crippen molar-refractivity contribution in [3.8, 4) is 11.3 Å². The summed E-state index contributed by atoms with van der Waals surface area (Å²) < 4.78 is 13.2. The summed E-state index contributed by atoms with van der Waals surface area (Å²) >= 11 is 0. The lowest BCUT2D eigenvalue weighted by Crippen LogP contribution is -1.88. The van der Waals surface area contributed by atoms with Crippen molar-refractivity contribution >= 4 is 10.9 Å². The van der Waals surface area contributed by atoms with Gasteiger partial charge in [0.1, 0.15) is 5.82 Å². The van der Waals surface area contributed by atoms with E-state index in [-0.39, 0.29) is 5.82 Å². The molecule has 0 bridgehead atoms. The first-order valence-electron chi connectivity index (χ1n) is 5.30. The van der Waals surface area contributed by atoms with Crippen molar-refractivity contribution < 1.29 is 4.39 Å². The minimum Gasteiger partial charge on any atom is -0.256 e. The third kappa shape index (κ3) is 1.76. The first-order chi connectivity index (χ1) is 8.34. The fourth-order valence-electron chi connectivity index (χ4n) is 1.87. The largest absolute Gasteiger partial charge is 0.256 e. The molecule has 0 saturated heterocycles. The number of hydrogen-bond acceptors (Lipinski definition) is 2. The van der Waals surface area contributed by atoms with Gasteiger partial charge in [-0.25, -0.2) is 4.39 Å². The van der Waals surface area contributed by atoms with Crippen molar-refractivity contribution in [3.63, 3.8) is 0 Å². The second-order valence-corrected chi connectivity index (χ2v) is 3.73. The highest BCUT2D eigenvalue weighted by Gasteiger charge is 2.05. The molecule has 0 unspecified atom stereocenters. The first-order valence-corrected chi connectivity index (χ1v) is 5.30. The van der Waals surface area contributed by atoms with E-state index >= 15 is 0 Å². The molecule has 2 heterocycles. The van der Waals surface area contributed by atoms with Gasteiger partial charge >= 0.3 is 0 Å². The fourth-order valence-corrected chi connectivity index (χ4v) is 1.87. The van der Waals surface area contributed by atoms with Crippen LogP contribution in [0, 0.1) is 5.82 Å². The number of rotatable bonds is 1. The van der Waals surface area contributed by atoms with Gasteiger partial charge in [-0.1, -0.05) is 18.2 Å². The Bertz CT molecular complexity index is 674. The van der Waals surface area contributed by atoms with Crippen molar-refractivity contribution in [2.24, 2.45) is 0 Å². The van der Waals surface area contributed by atoms with Crippen LogP contribution in [0.1, 0.15) is 0 Å². The van der Waals surface area contributed by atoms with E-state index in [1.54, 1.807) is 6.20 Å². The number of nitrogens with zero attached hydrogens (tertiary/aromatic N) is 2. The van der Waals surface area contributed by atoms with Gasteiger partial charge in [0.15, 0.2) is 0 Å². The number of aromatic nitrogens is 2. The number of fused-ring (bicyclic) bond motifs is 1. The summed E-state index contributed by atoms with van der Waals surface area (Å²) in [4.78, 5) is 8.46. The lowest BCUT2D eigenvalue weighted by atomic mass is 10.1. The Balaban J connectivity index is 2.30. The fraction of sp³-hybridized carbons (Fsp3) is 0. The summed E-state index contributed by atoms with van der Waals surface area (Å²) in [5, 5.41) is 0.980. The van der Waals surface area contributed by atoms with E-state index in [1.807, 2.05) is 30.3 Å². The van der Waals surface area contributed by atoms with Crippen LogP contribution in [-0.2, 0) is 0 Å². The molecule has 0 saturated carbocycles. The van der Waals surface area contributed by atoms with Gasteiger partial charge < -0.3 is 0 Å². The molecule has 1 aromatic carbocycles. The number of halogens is 1. The topological polar surface area (TPSA) is 25.8 Å². The molecule has 3 heteroatoms. The van der Waals surface area contributed by atoms with Crippen LogP contribution in [0.15, 0.2) is 54.9 Å². The molecule has 0 N–H and O–H groups in total. The van der Waals surface area contributed by atoms with Crippen molar-refractivity contribution in [2.75, 3.05) is 0 Å². The molecule has 0 aliphatic heterocycles. The maximum absolute atomic E-state index is 13.2. The molecular formula is C14H9FN2. The van der Waals surface area contributed by atoms with Crippen molar-refractivity contribution in [2.45, 2.75) is 0 Å². The highest BCUT2D eigenvalue weighted by Crippen LogP contribution is 2.25. The van der Waals surface area contributed by atoms with Crippen LogP contribution in [0.5, 0.6) is 0 Å². The second kappa shape index (κ2) is 3.94. The molecule has 17 heavy (non-hydrogen) atoms. The molecule has 82 valence electrons. The van der Waals surface area contributed by atoms with Crippen molar-refractivity contribution in [1.82, 2.24) is 9.97 Å².